The first-order chi connectivity index (χ1) is 7.68. The Kier molecular flexibility index (Phi) is 3.78. The average molecular weight is 278 g/mol. The van der Waals surface area contributed by atoms with Crippen molar-refractivity contribution in [2.24, 2.45) is 0 Å². The van der Waals surface area contributed by atoms with E-state index < -0.39 is 16.3 Å². The minimum Gasteiger partial charge on any atom is -0.252 e. The molecule has 0 fully saturated rings. The van der Waals surface area contributed by atoms with Crippen molar-refractivity contribution < 1.29 is 8.78 Å². The number of nitrogens with zero attached hydrogens (tertiary/aromatic N) is 1. The fourth-order valence-electron chi connectivity index (χ4n) is 1.12. The van der Waals surface area contributed by atoms with Crippen LogP contribution in [0.15, 0.2) is 34.1 Å². The normalized spacial score (nSPS) is 12.7. The molecule has 0 N–H and O–H groups in total. The molecular weight excluding hydrogens is 272 g/mol. The van der Waals surface area contributed by atoms with E-state index in [-0.39, 0.29) is 5.56 Å². The second kappa shape index (κ2) is 5.12. The van der Waals surface area contributed by atoms with Gasteiger partial charge in [0.1, 0.15) is 4.71 Å². The molecule has 2 aromatic rings. The van der Waals surface area contributed by atoms with Gasteiger partial charge in [-0.15, -0.1) is 22.9 Å². The van der Waals surface area contributed by atoms with Gasteiger partial charge in [0.2, 0.25) is 0 Å². The Morgan fingerprint density at radius 1 is 1.38 bits per heavy atom. The number of hydrogen-bond acceptors (Lipinski definition) is 3. The average Bonchev–Trinajstić information content (AvgIpc) is 2.74. The van der Waals surface area contributed by atoms with Gasteiger partial charge in [-0.25, -0.2) is 8.78 Å². The van der Waals surface area contributed by atoms with E-state index in [0.717, 1.165) is 10.3 Å². The first kappa shape index (κ1) is 11.8. The molecule has 16 heavy (non-hydrogen) atoms. The molecule has 0 amide bonds. The number of benzene rings is 1. The number of aromatic nitrogens is 1. The van der Waals surface area contributed by atoms with Crippen molar-refractivity contribution >= 4 is 34.7 Å². The predicted octanol–water partition coefficient (Wildman–Crippen LogP) is 4.45. The number of rotatable bonds is 3. The fourth-order valence-corrected chi connectivity index (χ4v) is 3.36. The Hall–Kier alpha value is -0.650. The maximum atomic E-state index is 13.4. The van der Waals surface area contributed by atoms with Gasteiger partial charge in [0.25, 0.3) is 0 Å². The highest BCUT2D eigenvalue weighted by atomic mass is 35.5. The van der Waals surface area contributed by atoms with Gasteiger partial charge in [-0.2, -0.15) is 0 Å². The number of hydrogen-bond donors (Lipinski definition) is 0. The third-order valence-electron chi connectivity index (χ3n) is 1.86. The van der Waals surface area contributed by atoms with Gasteiger partial charge < -0.3 is 0 Å². The number of alkyl halides is 1. The van der Waals surface area contributed by atoms with Gasteiger partial charge in [-0.05, 0) is 6.07 Å². The van der Waals surface area contributed by atoms with Crippen LogP contribution in [-0.4, -0.2) is 4.98 Å². The minimum atomic E-state index is -0.889. The van der Waals surface area contributed by atoms with Gasteiger partial charge in [-0.1, -0.05) is 23.9 Å². The van der Waals surface area contributed by atoms with Gasteiger partial charge in [-0.3, -0.25) is 4.98 Å². The molecule has 1 aromatic heterocycles. The summed E-state index contributed by atoms with van der Waals surface area (Å²) >= 11 is 8.66. The largest absolute Gasteiger partial charge is 0.252 e. The van der Waals surface area contributed by atoms with Crippen LogP contribution in [0.4, 0.5) is 8.78 Å². The summed E-state index contributed by atoms with van der Waals surface area (Å²) in [4.78, 5) is 3.88. The Morgan fingerprint density at radius 2 is 2.19 bits per heavy atom. The van der Waals surface area contributed by atoms with E-state index in [2.05, 4.69) is 4.98 Å². The molecule has 0 spiro atoms. The third kappa shape index (κ3) is 2.53. The summed E-state index contributed by atoms with van der Waals surface area (Å²) in [6, 6.07) is 3.99. The first-order valence-corrected chi connectivity index (χ1v) is 6.51. The summed E-state index contributed by atoms with van der Waals surface area (Å²) < 4.78 is 26.6. The van der Waals surface area contributed by atoms with Crippen LogP contribution < -0.4 is 0 Å². The standard InChI is InChI=1S/C10H6ClF2NS2/c11-10(16-8-4-14-5-15-8)6-2-1-3-7(12)9(6)13/h1-5,10H. The molecule has 1 heterocycles. The molecular formula is C10H6ClF2NS2. The lowest BCUT2D eigenvalue weighted by molar-refractivity contribution is 0.502. The van der Waals surface area contributed by atoms with Crippen LogP contribution in [-0.2, 0) is 0 Å². The lowest BCUT2D eigenvalue weighted by Gasteiger charge is -2.09. The second-order valence-corrected chi connectivity index (χ2v) is 5.88. The first-order valence-electron chi connectivity index (χ1n) is 4.31. The van der Waals surface area contributed by atoms with Crippen molar-refractivity contribution in [1.29, 1.82) is 0 Å². The predicted molar refractivity (Wildman–Crippen MR) is 62.9 cm³/mol. The summed E-state index contributed by atoms with van der Waals surface area (Å²) in [7, 11) is 0. The van der Waals surface area contributed by atoms with Crippen molar-refractivity contribution in [2.75, 3.05) is 0 Å². The Balaban J connectivity index is 2.21. The van der Waals surface area contributed by atoms with Crippen molar-refractivity contribution in [3.05, 3.63) is 47.1 Å². The van der Waals surface area contributed by atoms with E-state index in [0.29, 0.717) is 0 Å². The summed E-state index contributed by atoms with van der Waals surface area (Å²) in [5.74, 6) is -1.77. The van der Waals surface area contributed by atoms with Crippen LogP contribution in [0.25, 0.3) is 0 Å². The Bertz CT molecular complexity index is 476. The van der Waals surface area contributed by atoms with Crippen molar-refractivity contribution in [3.8, 4) is 0 Å². The monoisotopic (exact) mass is 277 g/mol. The van der Waals surface area contributed by atoms with Gasteiger partial charge in [0, 0.05) is 5.56 Å². The number of halogens is 3. The van der Waals surface area contributed by atoms with Gasteiger partial charge >= 0.3 is 0 Å². The smallest absolute Gasteiger partial charge is 0.164 e. The molecule has 0 aliphatic rings. The third-order valence-corrected chi connectivity index (χ3v) is 4.30. The lowest BCUT2D eigenvalue weighted by atomic mass is 10.2. The molecule has 0 saturated carbocycles. The quantitative estimate of drug-likeness (QED) is 0.607. The van der Waals surface area contributed by atoms with E-state index in [1.807, 2.05) is 0 Å². The molecule has 0 aliphatic heterocycles. The van der Waals surface area contributed by atoms with Crippen molar-refractivity contribution in [2.45, 2.75) is 8.92 Å². The molecule has 84 valence electrons. The number of thiazole rings is 1. The highest BCUT2D eigenvalue weighted by Crippen LogP contribution is 2.41. The molecule has 0 aliphatic carbocycles. The van der Waals surface area contributed by atoms with E-state index >= 15 is 0 Å². The van der Waals surface area contributed by atoms with E-state index in [1.165, 1.54) is 35.2 Å². The maximum absolute atomic E-state index is 13.4. The number of thioether (sulfide) groups is 1. The lowest BCUT2D eigenvalue weighted by Crippen LogP contribution is -1.94. The van der Waals surface area contributed by atoms with Crippen LogP contribution in [0.3, 0.4) is 0 Å². The van der Waals surface area contributed by atoms with Crippen molar-refractivity contribution in [3.63, 3.8) is 0 Å². The maximum Gasteiger partial charge on any atom is 0.164 e. The summed E-state index contributed by atoms with van der Waals surface area (Å²) in [5.41, 5.74) is 1.81. The molecule has 0 bridgehead atoms. The van der Waals surface area contributed by atoms with E-state index in [4.69, 9.17) is 11.6 Å². The summed E-state index contributed by atoms with van der Waals surface area (Å²) in [5, 5.41) is 0. The fraction of sp³-hybridized carbons (Fsp3) is 0.100. The molecule has 0 saturated heterocycles. The van der Waals surface area contributed by atoms with Gasteiger partial charge in [0.15, 0.2) is 11.6 Å². The van der Waals surface area contributed by atoms with Crippen LogP contribution >= 0.6 is 34.7 Å². The zero-order valence-corrected chi connectivity index (χ0v) is 10.3. The molecule has 1 aromatic carbocycles. The highest BCUT2D eigenvalue weighted by molar-refractivity contribution is 8.02. The van der Waals surface area contributed by atoms with E-state index in [9.17, 15) is 8.78 Å². The molecule has 1 unspecified atom stereocenters. The summed E-state index contributed by atoms with van der Waals surface area (Å²) in [6.45, 7) is 0. The molecule has 2 rings (SSSR count). The zero-order chi connectivity index (χ0) is 11.5. The zero-order valence-electron chi connectivity index (χ0n) is 7.86. The van der Waals surface area contributed by atoms with Crippen LogP contribution in [0.5, 0.6) is 0 Å². The van der Waals surface area contributed by atoms with E-state index in [1.54, 1.807) is 11.7 Å². The van der Waals surface area contributed by atoms with Crippen LogP contribution in [0, 0.1) is 11.6 Å². The SMILES string of the molecule is Fc1cccc(C(Cl)Sc2cncs2)c1F. The topological polar surface area (TPSA) is 12.9 Å². The molecule has 6 heteroatoms. The Morgan fingerprint density at radius 3 is 2.88 bits per heavy atom. The van der Waals surface area contributed by atoms with Crippen LogP contribution in [0.1, 0.15) is 10.3 Å². The Labute approximate surface area is 104 Å². The molecule has 1 atom stereocenters. The highest BCUT2D eigenvalue weighted by Gasteiger charge is 2.17. The molecule has 1 nitrogen and oxygen atoms in total. The second-order valence-electron chi connectivity index (χ2n) is 2.90. The van der Waals surface area contributed by atoms with Crippen molar-refractivity contribution in [1.82, 2.24) is 4.98 Å². The van der Waals surface area contributed by atoms with Gasteiger partial charge in [0.05, 0.1) is 15.9 Å². The minimum absolute atomic E-state index is 0.153. The van der Waals surface area contributed by atoms with Crippen LogP contribution in [0.2, 0.25) is 0 Å². The molecule has 0 radical (unpaired) electrons. The summed E-state index contributed by atoms with van der Waals surface area (Å²) in [6.07, 6.45) is 1.64.